The number of aliphatic hydroxyl groups excluding tert-OH is 1. The van der Waals surface area contributed by atoms with Crippen molar-refractivity contribution in [1.82, 2.24) is 0 Å². The largest absolute Gasteiger partial charge is 0.397 e. The first-order chi connectivity index (χ1) is 8.41. The van der Waals surface area contributed by atoms with E-state index in [4.69, 9.17) is 23.1 Å². The van der Waals surface area contributed by atoms with Crippen molar-refractivity contribution in [2.45, 2.75) is 19.4 Å². The molecule has 1 aromatic carbocycles. The van der Waals surface area contributed by atoms with E-state index in [0.29, 0.717) is 19.5 Å². The van der Waals surface area contributed by atoms with E-state index in [1.165, 1.54) is 6.07 Å². The summed E-state index contributed by atoms with van der Waals surface area (Å²) in [6.07, 6.45) is 0.233. The van der Waals surface area contributed by atoms with E-state index >= 15 is 0 Å². The van der Waals surface area contributed by atoms with Gasteiger partial charge in [-0.15, -0.1) is 0 Å². The van der Waals surface area contributed by atoms with Gasteiger partial charge in [0.2, 0.25) is 0 Å². The third-order valence-electron chi connectivity index (χ3n) is 3.41. The van der Waals surface area contributed by atoms with Gasteiger partial charge in [-0.25, -0.2) is 4.39 Å². The number of piperidine rings is 1. The molecule has 6 heteroatoms. The molecule has 0 spiro atoms. The fraction of sp³-hybridized carbons (Fsp3) is 0.500. The molecule has 18 heavy (non-hydrogen) atoms. The summed E-state index contributed by atoms with van der Waals surface area (Å²) in [6, 6.07) is 1.47. The van der Waals surface area contributed by atoms with E-state index in [0.717, 1.165) is 0 Å². The molecule has 0 aliphatic carbocycles. The van der Waals surface area contributed by atoms with Gasteiger partial charge in [-0.2, -0.15) is 0 Å². The molecule has 2 unspecified atom stereocenters. The molecule has 0 amide bonds. The maximum absolute atomic E-state index is 14.1. The summed E-state index contributed by atoms with van der Waals surface area (Å²) in [7, 11) is 0. The summed E-state index contributed by atoms with van der Waals surface area (Å²) in [4.78, 5) is 1.81. The molecular weight excluding hydrogens is 257 g/mol. The van der Waals surface area contributed by atoms with Crippen molar-refractivity contribution in [2.75, 3.05) is 29.5 Å². The Kier molecular flexibility index (Phi) is 3.54. The summed E-state index contributed by atoms with van der Waals surface area (Å²) in [5.74, 6) is -0.522. The Balaban J connectivity index is 2.37. The number of hydrogen-bond donors (Lipinski definition) is 3. The van der Waals surface area contributed by atoms with Crippen LogP contribution in [0.4, 0.5) is 21.5 Å². The highest BCUT2D eigenvalue weighted by molar-refractivity contribution is 6.33. The lowest BCUT2D eigenvalue weighted by Gasteiger charge is -2.36. The molecule has 1 fully saturated rings. The maximum Gasteiger partial charge on any atom is 0.169 e. The summed E-state index contributed by atoms with van der Waals surface area (Å²) in [5, 5.41) is 9.58. The Morgan fingerprint density at radius 3 is 2.72 bits per heavy atom. The molecule has 0 radical (unpaired) electrons. The Hall–Kier alpha value is -1.20. The topological polar surface area (TPSA) is 75.5 Å². The zero-order valence-corrected chi connectivity index (χ0v) is 10.9. The standard InChI is InChI=1S/C12H17ClFN3O/c1-6-5-17(3-2-9(6)18)12-8(16)4-7(15)10(13)11(12)14/h4,6,9,18H,2-3,5,15-16H2,1H3. The first-order valence-corrected chi connectivity index (χ1v) is 6.25. The third-order valence-corrected chi connectivity index (χ3v) is 3.80. The number of hydrogen-bond acceptors (Lipinski definition) is 4. The maximum atomic E-state index is 14.1. The molecule has 0 saturated carbocycles. The van der Waals surface area contributed by atoms with E-state index < -0.39 is 5.82 Å². The molecule has 1 heterocycles. The molecular formula is C12H17ClFN3O. The number of aliphatic hydroxyl groups is 1. The van der Waals surface area contributed by atoms with Gasteiger partial charge in [0, 0.05) is 13.1 Å². The zero-order chi connectivity index (χ0) is 13.4. The lowest BCUT2D eigenvalue weighted by atomic mass is 9.96. The minimum Gasteiger partial charge on any atom is -0.397 e. The molecule has 1 aliphatic rings. The van der Waals surface area contributed by atoms with Crippen LogP contribution in [0.25, 0.3) is 0 Å². The van der Waals surface area contributed by atoms with Crippen molar-refractivity contribution < 1.29 is 9.50 Å². The predicted molar refractivity (Wildman–Crippen MR) is 72.2 cm³/mol. The van der Waals surface area contributed by atoms with Gasteiger partial charge in [0.1, 0.15) is 5.02 Å². The van der Waals surface area contributed by atoms with Crippen LogP contribution in [0.1, 0.15) is 13.3 Å². The van der Waals surface area contributed by atoms with Crippen LogP contribution in [-0.2, 0) is 0 Å². The van der Waals surface area contributed by atoms with E-state index in [2.05, 4.69) is 0 Å². The van der Waals surface area contributed by atoms with Gasteiger partial charge < -0.3 is 21.5 Å². The first kappa shape index (κ1) is 13.2. The summed E-state index contributed by atoms with van der Waals surface area (Å²) in [6.45, 7) is 3.01. The molecule has 2 atom stereocenters. The lowest BCUT2D eigenvalue weighted by molar-refractivity contribution is 0.0969. The van der Waals surface area contributed by atoms with Crippen molar-refractivity contribution in [3.8, 4) is 0 Å². The number of nitrogens with two attached hydrogens (primary N) is 2. The van der Waals surface area contributed by atoms with E-state index in [-0.39, 0.29) is 34.1 Å². The van der Waals surface area contributed by atoms with Crippen LogP contribution in [0.2, 0.25) is 5.02 Å². The smallest absolute Gasteiger partial charge is 0.169 e. The van der Waals surface area contributed by atoms with Crippen LogP contribution in [0.3, 0.4) is 0 Å². The zero-order valence-electron chi connectivity index (χ0n) is 10.2. The second-order valence-corrected chi connectivity index (χ2v) is 5.19. The Bertz CT molecular complexity index is 469. The molecule has 5 N–H and O–H groups in total. The molecule has 1 aromatic rings. The van der Waals surface area contributed by atoms with Crippen LogP contribution in [0.5, 0.6) is 0 Å². The second kappa shape index (κ2) is 4.82. The Morgan fingerprint density at radius 1 is 1.44 bits per heavy atom. The van der Waals surface area contributed by atoms with Crippen LogP contribution < -0.4 is 16.4 Å². The molecule has 0 aromatic heterocycles. The highest BCUT2D eigenvalue weighted by Crippen LogP contribution is 2.37. The number of nitrogen functional groups attached to an aromatic ring is 2. The average molecular weight is 274 g/mol. The fourth-order valence-electron chi connectivity index (χ4n) is 2.31. The van der Waals surface area contributed by atoms with Crippen molar-refractivity contribution in [2.24, 2.45) is 5.92 Å². The number of anilines is 3. The number of nitrogens with zero attached hydrogens (tertiary/aromatic N) is 1. The summed E-state index contributed by atoms with van der Waals surface area (Å²) < 4.78 is 14.1. The highest BCUT2D eigenvalue weighted by atomic mass is 35.5. The van der Waals surface area contributed by atoms with Crippen LogP contribution in [0, 0.1) is 11.7 Å². The summed E-state index contributed by atoms with van der Waals surface area (Å²) >= 11 is 5.81. The SMILES string of the molecule is CC1CN(c2c(N)cc(N)c(Cl)c2F)CCC1O. The first-order valence-electron chi connectivity index (χ1n) is 5.87. The molecule has 1 aliphatic heterocycles. The van der Waals surface area contributed by atoms with Crippen LogP contribution >= 0.6 is 11.6 Å². The number of halogens is 2. The number of benzene rings is 1. The minimum atomic E-state index is -0.585. The number of rotatable bonds is 1. The van der Waals surface area contributed by atoms with Gasteiger partial charge in [-0.1, -0.05) is 18.5 Å². The molecule has 100 valence electrons. The Labute approximate surface area is 110 Å². The third kappa shape index (κ3) is 2.20. The quantitative estimate of drug-likeness (QED) is 0.683. The monoisotopic (exact) mass is 273 g/mol. The van der Waals surface area contributed by atoms with Gasteiger partial charge in [-0.3, -0.25) is 0 Å². The van der Waals surface area contributed by atoms with Crippen molar-refractivity contribution in [3.05, 3.63) is 16.9 Å². The van der Waals surface area contributed by atoms with Crippen molar-refractivity contribution >= 4 is 28.7 Å². The van der Waals surface area contributed by atoms with Gasteiger partial charge in [0.15, 0.2) is 5.82 Å². The van der Waals surface area contributed by atoms with Gasteiger partial charge in [0.25, 0.3) is 0 Å². The van der Waals surface area contributed by atoms with Crippen LogP contribution in [-0.4, -0.2) is 24.3 Å². The predicted octanol–water partition coefficient (Wildman–Crippen LogP) is 1.85. The van der Waals surface area contributed by atoms with Crippen molar-refractivity contribution in [1.29, 1.82) is 0 Å². The van der Waals surface area contributed by atoms with Crippen LogP contribution in [0.15, 0.2) is 6.07 Å². The van der Waals surface area contributed by atoms with Crippen molar-refractivity contribution in [3.63, 3.8) is 0 Å². The second-order valence-electron chi connectivity index (χ2n) is 4.81. The Morgan fingerprint density at radius 2 is 2.11 bits per heavy atom. The van der Waals surface area contributed by atoms with E-state index in [9.17, 15) is 9.50 Å². The lowest BCUT2D eigenvalue weighted by Crippen LogP contribution is -2.42. The molecule has 4 nitrogen and oxygen atoms in total. The molecule has 0 bridgehead atoms. The van der Waals surface area contributed by atoms with Gasteiger partial charge in [-0.05, 0) is 18.4 Å². The normalized spacial score (nSPS) is 24.3. The molecule has 2 rings (SSSR count). The highest BCUT2D eigenvalue weighted by Gasteiger charge is 2.28. The van der Waals surface area contributed by atoms with E-state index in [1.54, 1.807) is 0 Å². The summed E-state index contributed by atoms with van der Waals surface area (Å²) in [5.41, 5.74) is 12.1. The van der Waals surface area contributed by atoms with Gasteiger partial charge >= 0.3 is 0 Å². The molecule has 1 saturated heterocycles. The van der Waals surface area contributed by atoms with E-state index in [1.807, 2.05) is 11.8 Å². The van der Waals surface area contributed by atoms with Gasteiger partial charge in [0.05, 0.1) is 23.2 Å². The minimum absolute atomic E-state index is 0.0638. The fourth-order valence-corrected chi connectivity index (χ4v) is 2.46. The average Bonchev–Trinajstić information content (AvgIpc) is 2.31.